The van der Waals surface area contributed by atoms with E-state index in [2.05, 4.69) is 16.8 Å². The van der Waals surface area contributed by atoms with E-state index in [9.17, 15) is 5.11 Å². The standard InChI is InChI=1S/C16H20N2OS/c1-12-16(20-11-17-12)10-18(14-7-8-14)9-15(19)13-5-3-2-4-6-13/h2-6,11,14-15,19H,7-10H2,1H3/t15-/m0/s1. The summed E-state index contributed by atoms with van der Waals surface area (Å²) in [6.07, 6.45) is 2.09. The fourth-order valence-corrected chi connectivity index (χ4v) is 3.25. The molecule has 1 fully saturated rings. The summed E-state index contributed by atoms with van der Waals surface area (Å²) in [4.78, 5) is 8.03. The van der Waals surface area contributed by atoms with E-state index >= 15 is 0 Å². The van der Waals surface area contributed by atoms with Crippen LogP contribution in [0.1, 0.15) is 35.1 Å². The number of hydrogen-bond acceptors (Lipinski definition) is 4. The fraction of sp³-hybridized carbons (Fsp3) is 0.438. The highest BCUT2D eigenvalue weighted by Gasteiger charge is 2.31. The summed E-state index contributed by atoms with van der Waals surface area (Å²) >= 11 is 1.71. The number of nitrogens with zero attached hydrogens (tertiary/aromatic N) is 2. The summed E-state index contributed by atoms with van der Waals surface area (Å²) in [6.45, 7) is 3.67. The van der Waals surface area contributed by atoms with Crippen molar-refractivity contribution in [3.05, 3.63) is 52.0 Å². The highest BCUT2D eigenvalue weighted by atomic mass is 32.1. The zero-order valence-electron chi connectivity index (χ0n) is 11.7. The molecule has 4 heteroatoms. The van der Waals surface area contributed by atoms with E-state index in [0.717, 1.165) is 17.8 Å². The molecule has 1 N–H and O–H groups in total. The zero-order chi connectivity index (χ0) is 13.9. The van der Waals surface area contributed by atoms with Gasteiger partial charge in [-0.2, -0.15) is 0 Å². The third kappa shape index (κ3) is 3.26. The molecule has 0 unspecified atom stereocenters. The SMILES string of the molecule is Cc1ncsc1CN(C[C@H](O)c1ccccc1)C1CC1. The van der Waals surface area contributed by atoms with Crippen molar-refractivity contribution in [2.45, 2.75) is 38.5 Å². The predicted molar refractivity (Wildman–Crippen MR) is 81.7 cm³/mol. The van der Waals surface area contributed by atoms with Gasteiger partial charge in [-0.3, -0.25) is 4.90 Å². The number of aliphatic hydroxyl groups excluding tert-OH is 1. The maximum absolute atomic E-state index is 10.4. The Hall–Kier alpha value is -1.23. The molecule has 20 heavy (non-hydrogen) atoms. The van der Waals surface area contributed by atoms with Crippen LogP contribution in [0, 0.1) is 6.92 Å². The van der Waals surface area contributed by atoms with Crippen LogP contribution in [-0.2, 0) is 6.54 Å². The molecule has 3 nitrogen and oxygen atoms in total. The van der Waals surface area contributed by atoms with Crippen molar-refractivity contribution in [1.29, 1.82) is 0 Å². The summed E-state index contributed by atoms with van der Waals surface area (Å²) in [5, 5.41) is 10.4. The number of thiazole rings is 1. The van der Waals surface area contributed by atoms with E-state index in [-0.39, 0.29) is 0 Å². The molecule has 0 saturated heterocycles. The van der Waals surface area contributed by atoms with Crippen molar-refractivity contribution in [3.8, 4) is 0 Å². The van der Waals surface area contributed by atoms with Gasteiger partial charge < -0.3 is 5.11 Å². The molecule has 1 aliphatic carbocycles. The summed E-state index contributed by atoms with van der Waals surface area (Å²) in [6, 6.07) is 10.6. The minimum Gasteiger partial charge on any atom is -0.387 e. The monoisotopic (exact) mass is 288 g/mol. The normalized spacial score (nSPS) is 16.6. The van der Waals surface area contributed by atoms with Crippen LogP contribution in [-0.4, -0.2) is 27.6 Å². The molecule has 1 atom stereocenters. The van der Waals surface area contributed by atoms with Gasteiger partial charge in [-0.25, -0.2) is 4.98 Å². The number of aryl methyl sites for hydroxylation is 1. The van der Waals surface area contributed by atoms with Crippen LogP contribution < -0.4 is 0 Å². The number of aromatic nitrogens is 1. The van der Waals surface area contributed by atoms with Gasteiger partial charge in [0, 0.05) is 24.0 Å². The van der Waals surface area contributed by atoms with Crippen LogP contribution in [0.3, 0.4) is 0 Å². The van der Waals surface area contributed by atoms with Crippen LogP contribution in [0.25, 0.3) is 0 Å². The molecule has 0 aliphatic heterocycles. The number of rotatable bonds is 6. The third-order valence-electron chi connectivity index (χ3n) is 3.85. The predicted octanol–water partition coefficient (Wildman–Crippen LogP) is 3.15. The second-order valence-corrected chi connectivity index (χ2v) is 6.39. The summed E-state index contributed by atoms with van der Waals surface area (Å²) in [5.74, 6) is 0. The fourth-order valence-electron chi connectivity index (χ4n) is 2.45. The molecule has 3 rings (SSSR count). The van der Waals surface area contributed by atoms with Crippen molar-refractivity contribution >= 4 is 11.3 Å². The number of benzene rings is 1. The van der Waals surface area contributed by atoms with E-state index in [1.54, 1.807) is 11.3 Å². The summed E-state index contributed by atoms with van der Waals surface area (Å²) in [5.41, 5.74) is 4.03. The first-order valence-corrected chi connectivity index (χ1v) is 7.98. The average molecular weight is 288 g/mol. The highest BCUT2D eigenvalue weighted by molar-refractivity contribution is 7.09. The van der Waals surface area contributed by atoms with Crippen molar-refractivity contribution < 1.29 is 5.11 Å². The zero-order valence-corrected chi connectivity index (χ0v) is 12.5. The number of aliphatic hydroxyl groups is 1. The Kier molecular flexibility index (Phi) is 4.15. The van der Waals surface area contributed by atoms with E-state index < -0.39 is 6.10 Å². The first kappa shape index (κ1) is 13.7. The van der Waals surface area contributed by atoms with Gasteiger partial charge in [-0.15, -0.1) is 11.3 Å². The van der Waals surface area contributed by atoms with Crippen molar-refractivity contribution in [2.24, 2.45) is 0 Å². The Bertz CT molecular complexity index is 551. The molecule has 1 heterocycles. The van der Waals surface area contributed by atoms with E-state index in [1.165, 1.54) is 17.7 Å². The van der Waals surface area contributed by atoms with Gasteiger partial charge in [0.25, 0.3) is 0 Å². The Balaban J connectivity index is 1.67. The van der Waals surface area contributed by atoms with E-state index in [1.807, 2.05) is 35.8 Å². The molecule has 1 aliphatic rings. The molecule has 1 saturated carbocycles. The van der Waals surface area contributed by atoms with Crippen molar-refractivity contribution in [2.75, 3.05) is 6.54 Å². The third-order valence-corrected chi connectivity index (χ3v) is 4.77. The van der Waals surface area contributed by atoms with Gasteiger partial charge in [-0.05, 0) is 25.3 Å². The topological polar surface area (TPSA) is 36.4 Å². The van der Waals surface area contributed by atoms with Crippen LogP contribution in [0.5, 0.6) is 0 Å². The van der Waals surface area contributed by atoms with Crippen LogP contribution in [0.4, 0.5) is 0 Å². The molecule has 0 amide bonds. The van der Waals surface area contributed by atoms with Crippen molar-refractivity contribution in [3.63, 3.8) is 0 Å². The molecule has 106 valence electrons. The Morgan fingerprint density at radius 2 is 2.10 bits per heavy atom. The lowest BCUT2D eigenvalue weighted by Gasteiger charge is -2.24. The molecular weight excluding hydrogens is 268 g/mol. The molecule has 2 aromatic rings. The largest absolute Gasteiger partial charge is 0.387 e. The molecule has 0 radical (unpaired) electrons. The quantitative estimate of drug-likeness (QED) is 0.887. The molecule has 1 aromatic heterocycles. The second kappa shape index (κ2) is 6.04. The van der Waals surface area contributed by atoms with E-state index in [0.29, 0.717) is 12.6 Å². The Labute approximate surface area is 123 Å². The molecular formula is C16H20N2OS. The first-order valence-electron chi connectivity index (χ1n) is 7.10. The molecule has 0 bridgehead atoms. The Morgan fingerprint density at radius 3 is 2.70 bits per heavy atom. The van der Waals surface area contributed by atoms with Crippen LogP contribution in [0.15, 0.2) is 35.8 Å². The van der Waals surface area contributed by atoms with Crippen LogP contribution >= 0.6 is 11.3 Å². The first-order chi connectivity index (χ1) is 9.74. The average Bonchev–Trinajstić information content (AvgIpc) is 3.24. The van der Waals surface area contributed by atoms with Gasteiger partial charge in [0.2, 0.25) is 0 Å². The van der Waals surface area contributed by atoms with Crippen molar-refractivity contribution in [1.82, 2.24) is 9.88 Å². The second-order valence-electron chi connectivity index (χ2n) is 5.45. The van der Waals surface area contributed by atoms with Crippen LogP contribution in [0.2, 0.25) is 0 Å². The lowest BCUT2D eigenvalue weighted by Crippen LogP contribution is -2.30. The van der Waals surface area contributed by atoms with Gasteiger partial charge in [0.15, 0.2) is 0 Å². The smallest absolute Gasteiger partial charge is 0.0917 e. The highest BCUT2D eigenvalue weighted by Crippen LogP contribution is 2.31. The van der Waals surface area contributed by atoms with Gasteiger partial charge >= 0.3 is 0 Å². The minimum atomic E-state index is -0.412. The number of hydrogen-bond donors (Lipinski definition) is 1. The van der Waals surface area contributed by atoms with E-state index in [4.69, 9.17) is 0 Å². The van der Waals surface area contributed by atoms with Gasteiger partial charge in [-0.1, -0.05) is 30.3 Å². The summed E-state index contributed by atoms with van der Waals surface area (Å²) < 4.78 is 0. The maximum Gasteiger partial charge on any atom is 0.0917 e. The van der Waals surface area contributed by atoms with Gasteiger partial charge in [0.05, 0.1) is 17.3 Å². The summed E-state index contributed by atoms with van der Waals surface area (Å²) in [7, 11) is 0. The lowest BCUT2D eigenvalue weighted by molar-refractivity contribution is 0.105. The Morgan fingerprint density at radius 1 is 1.35 bits per heavy atom. The lowest BCUT2D eigenvalue weighted by atomic mass is 10.1. The molecule has 1 aromatic carbocycles. The molecule has 0 spiro atoms. The maximum atomic E-state index is 10.4. The van der Waals surface area contributed by atoms with Gasteiger partial charge in [0.1, 0.15) is 0 Å². The minimum absolute atomic E-state index is 0.412.